The lowest BCUT2D eigenvalue weighted by Crippen LogP contribution is -2.23. The molecule has 12 heavy (non-hydrogen) atoms. The largest absolute Gasteiger partial charge is 0.420 e. The van der Waals surface area contributed by atoms with Crippen molar-refractivity contribution in [3.8, 4) is 11.5 Å². The van der Waals surface area contributed by atoms with Gasteiger partial charge in [-0.05, 0) is 33.9 Å². The summed E-state index contributed by atoms with van der Waals surface area (Å²) in [6.45, 7) is 1.91. The van der Waals surface area contributed by atoms with Crippen molar-refractivity contribution in [3.63, 3.8) is 0 Å². The normalized spacial score (nSPS) is 25.9. The molecule has 64 valence electrons. The Labute approximate surface area is 71.9 Å². The molecule has 0 saturated heterocycles. The molecular weight excluding hydrogens is 178 g/mol. The number of hydrogen-bond acceptors (Lipinski definition) is 2. The average Bonchev–Trinajstić information content (AvgIpc) is 2.21. The van der Waals surface area contributed by atoms with Crippen LogP contribution in [0.3, 0.4) is 0 Å². The fraction of sp³-hybridized carbons (Fsp3) is 0.250. The second-order valence-corrected chi connectivity index (χ2v) is 3.43. The van der Waals surface area contributed by atoms with E-state index in [1.54, 1.807) is 12.1 Å². The second-order valence-electron chi connectivity index (χ2n) is 2.74. The van der Waals surface area contributed by atoms with Crippen LogP contribution in [0.5, 0.6) is 11.5 Å². The van der Waals surface area contributed by atoms with Crippen LogP contribution >= 0.6 is 9.24 Å². The number of benzene rings is 1. The number of halogens is 1. The molecule has 1 aliphatic heterocycles. The van der Waals surface area contributed by atoms with Crippen LogP contribution in [0.4, 0.5) is 4.39 Å². The van der Waals surface area contributed by atoms with E-state index in [-0.39, 0.29) is 0 Å². The number of rotatable bonds is 0. The van der Waals surface area contributed by atoms with Crippen molar-refractivity contribution in [2.75, 3.05) is 0 Å². The minimum Gasteiger partial charge on any atom is -0.420 e. The van der Waals surface area contributed by atoms with Crippen LogP contribution in [-0.2, 0) is 0 Å². The molecule has 1 aromatic carbocycles. The molecule has 0 bridgehead atoms. The van der Waals surface area contributed by atoms with Crippen LogP contribution in [0.2, 0.25) is 0 Å². The summed E-state index contributed by atoms with van der Waals surface area (Å²) in [6, 6.07) is 5.27. The molecule has 2 atom stereocenters. The van der Waals surface area contributed by atoms with E-state index in [0.29, 0.717) is 11.5 Å². The third kappa shape index (κ3) is 1.25. The van der Waals surface area contributed by atoms with Crippen LogP contribution in [-0.4, -0.2) is 5.78 Å². The molecule has 0 spiro atoms. The zero-order valence-electron chi connectivity index (χ0n) is 6.50. The number of ether oxygens (including phenoxy) is 2. The monoisotopic (exact) mass is 186 g/mol. The van der Waals surface area contributed by atoms with Gasteiger partial charge in [0.2, 0.25) is 0 Å². The van der Waals surface area contributed by atoms with Crippen molar-refractivity contribution in [2.45, 2.75) is 12.7 Å². The van der Waals surface area contributed by atoms with E-state index >= 15 is 0 Å². The van der Waals surface area contributed by atoms with Gasteiger partial charge in [0.15, 0.2) is 11.5 Å². The van der Waals surface area contributed by atoms with E-state index in [4.69, 9.17) is 9.47 Å². The van der Waals surface area contributed by atoms with Gasteiger partial charge in [-0.15, -0.1) is 0 Å². The van der Waals surface area contributed by atoms with Crippen molar-refractivity contribution >= 4 is 9.24 Å². The number of aryl methyl sites for hydroxylation is 1. The Balaban J connectivity index is 2.43. The highest BCUT2D eigenvalue weighted by Gasteiger charge is 2.36. The van der Waals surface area contributed by atoms with Gasteiger partial charge in [0, 0.05) is 0 Å². The maximum absolute atomic E-state index is 13.1. The van der Waals surface area contributed by atoms with Crippen LogP contribution in [0.25, 0.3) is 0 Å². The third-order valence-electron chi connectivity index (χ3n) is 1.60. The summed E-state index contributed by atoms with van der Waals surface area (Å²) in [5.41, 5.74) is 1.01. The van der Waals surface area contributed by atoms with E-state index in [1.165, 1.54) is 0 Å². The Morgan fingerprint density at radius 2 is 2.00 bits per heavy atom. The van der Waals surface area contributed by atoms with E-state index in [1.807, 2.05) is 22.2 Å². The summed E-state index contributed by atoms with van der Waals surface area (Å²) < 4.78 is 22.7. The zero-order chi connectivity index (χ0) is 8.77. The molecule has 0 aromatic heterocycles. The van der Waals surface area contributed by atoms with Gasteiger partial charge < -0.3 is 9.47 Å². The minimum atomic E-state index is -2.09. The van der Waals surface area contributed by atoms with Crippen LogP contribution in [0, 0.1) is 6.92 Å². The molecule has 2 nitrogen and oxygen atoms in total. The predicted octanol–water partition coefficient (Wildman–Crippen LogP) is 2.22. The zero-order valence-corrected chi connectivity index (χ0v) is 7.66. The third-order valence-corrected chi connectivity index (χ3v) is 1.83. The Bertz CT molecular complexity index is 325. The Hall–Kier alpha value is -0.820. The van der Waals surface area contributed by atoms with Gasteiger partial charge in [0.05, 0.1) is 0 Å². The molecule has 0 aliphatic carbocycles. The molecule has 4 heteroatoms. The molecule has 1 aromatic rings. The van der Waals surface area contributed by atoms with Gasteiger partial charge in [0.25, 0.3) is 0 Å². The quantitative estimate of drug-likeness (QED) is 0.578. The second kappa shape index (κ2) is 2.33. The highest BCUT2D eigenvalue weighted by atomic mass is 31.0. The Morgan fingerprint density at radius 1 is 1.33 bits per heavy atom. The minimum absolute atomic E-state index is 0.443. The highest BCUT2D eigenvalue weighted by molar-refractivity contribution is 7.18. The molecule has 2 rings (SSSR count). The number of fused-ring (bicyclic) bond motifs is 1. The van der Waals surface area contributed by atoms with E-state index in [0.717, 1.165) is 5.56 Å². The van der Waals surface area contributed by atoms with Crippen molar-refractivity contribution in [1.29, 1.82) is 0 Å². The summed E-state index contributed by atoms with van der Waals surface area (Å²) >= 11 is 0. The Kier molecular flexibility index (Phi) is 1.52. The van der Waals surface area contributed by atoms with E-state index in [2.05, 4.69) is 0 Å². The molecule has 0 radical (unpaired) electrons. The van der Waals surface area contributed by atoms with Crippen LogP contribution in [0.15, 0.2) is 18.2 Å². The Morgan fingerprint density at radius 3 is 2.75 bits per heavy atom. The molecule has 0 fully saturated rings. The van der Waals surface area contributed by atoms with Gasteiger partial charge >= 0.3 is 5.78 Å². The summed E-state index contributed by atoms with van der Waals surface area (Å²) in [7, 11) is 1.86. The number of hydrogen-bond donors (Lipinski definition) is 0. The first-order chi connectivity index (χ1) is 5.57. The smallest absolute Gasteiger partial charge is 0.418 e. The van der Waals surface area contributed by atoms with Crippen molar-refractivity contribution in [1.82, 2.24) is 0 Å². The molecule has 1 aliphatic rings. The molecule has 1 heterocycles. The first-order valence-corrected chi connectivity index (χ1v) is 4.11. The van der Waals surface area contributed by atoms with E-state index < -0.39 is 5.78 Å². The van der Waals surface area contributed by atoms with E-state index in [9.17, 15) is 4.39 Å². The standard InChI is InChI=1S/C8H8FO2P/c1-5-2-3-6-7(4-5)11-8(9,12)10-6/h2-4H,12H2,1H3. The summed E-state index contributed by atoms with van der Waals surface area (Å²) in [4.78, 5) is 0. The lowest BCUT2D eigenvalue weighted by atomic mass is 10.2. The lowest BCUT2D eigenvalue weighted by molar-refractivity contribution is -0.104. The lowest BCUT2D eigenvalue weighted by Gasteiger charge is -2.10. The molecule has 2 unspecified atom stereocenters. The maximum atomic E-state index is 13.1. The fourth-order valence-corrected chi connectivity index (χ4v) is 1.35. The number of alkyl halides is 1. The topological polar surface area (TPSA) is 18.5 Å². The first kappa shape index (κ1) is 7.81. The van der Waals surface area contributed by atoms with Crippen molar-refractivity contribution in [2.24, 2.45) is 0 Å². The summed E-state index contributed by atoms with van der Waals surface area (Å²) in [6.07, 6.45) is 0. The maximum Gasteiger partial charge on any atom is 0.418 e. The van der Waals surface area contributed by atoms with Crippen molar-refractivity contribution < 1.29 is 13.9 Å². The van der Waals surface area contributed by atoms with Gasteiger partial charge in [-0.3, -0.25) is 0 Å². The summed E-state index contributed by atoms with van der Waals surface area (Å²) in [5, 5.41) is 0. The van der Waals surface area contributed by atoms with Gasteiger partial charge in [0.1, 0.15) is 0 Å². The molecular formula is C8H8FO2P. The fourth-order valence-electron chi connectivity index (χ4n) is 1.10. The highest BCUT2D eigenvalue weighted by Crippen LogP contribution is 2.43. The molecule has 0 saturated carbocycles. The van der Waals surface area contributed by atoms with Crippen molar-refractivity contribution in [3.05, 3.63) is 23.8 Å². The predicted molar refractivity (Wildman–Crippen MR) is 46.0 cm³/mol. The molecule has 0 amide bonds. The summed E-state index contributed by atoms with van der Waals surface area (Å²) in [5.74, 6) is -1.19. The average molecular weight is 186 g/mol. The first-order valence-electron chi connectivity index (χ1n) is 3.53. The van der Waals surface area contributed by atoms with Crippen LogP contribution < -0.4 is 9.47 Å². The van der Waals surface area contributed by atoms with Gasteiger partial charge in [-0.2, -0.15) is 4.39 Å². The van der Waals surface area contributed by atoms with Gasteiger partial charge in [-0.25, -0.2) is 0 Å². The SMILES string of the molecule is Cc1ccc2c(c1)OC(F)(P)O2. The molecule has 0 N–H and O–H groups in total. The van der Waals surface area contributed by atoms with Gasteiger partial charge in [-0.1, -0.05) is 6.07 Å². The van der Waals surface area contributed by atoms with Crippen LogP contribution in [0.1, 0.15) is 5.56 Å².